The lowest BCUT2D eigenvalue weighted by molar-refractivity contribution is 0.997. The first-order valence-corrected chi connectivity index (χ1v) is 4.59. The molecule has 0 fully saturated rings. The van der Waals surface area contributed by atoms with Crippen molar-refractivity contribution < 1.29 is 0 Å². The molecule has 1 aromatic rings. The molecule has 0 radical (unpaired) electrons. The molecule has 0 saturated carbocycles. The number of anilines is 1. The van der Waals surface area contributed by atoms with E-state index < -0.39 is 0 Å². The Hall–Kier alpha value is -0.670. The van der Waals surface area contributed by atoms with Crippen LogP contribution < -0.4 is 10.9 Å². The van der Waals surface area contributed by atoms with E-state index >= 15 is 0 Å². The average molecular weight is 168 g/mol. The Kier molecular flexibility index (Phi) is 2.79. The molecule has 1 aromatic carbocycles. The van der Waals surface area contributed by atoms with Gasteiger partial charge in [-0.3, -0.25) is 0 Å². The largest absolute Gasteiger partial charge is 0.313 e. The molecule has 60 valence electrons. The van der Waals surface area contributed by atoms with Gasteiger partial charge in [0, 0.05) is 11.9 Å². The van der Waals surface area contributed by atoms with E-state index in [0.717, 1.165) is 5.69 Å². The van der Waals surface area contributed by atoms with E-state index in [-0.39, 0.29) is 0 Å². The van der Waals surface area contributed by atoms with Crippen LogP contribution in [-0.2, 0) is 0 Å². The molecule has 3 heteroatoms. The number of thioether (sulfide) groups is 1. The second-order valence-corrected chi connectivity index (χ2v) is 3.13. The van der Waals surface area contributed by atoms with Crippen LogP contribution in [0.25, 0.3) is 0 Å². The van der Waals surface area contributed by atoms with Gasteiger partial charge in [0.1, 0.15) is 0 Å². The first-order valence-electron chi connectivity index (χ1n) is 3.37. The fourth-order valence-electron chi connectivity index (χ4n) is 0.921. The molecule has 0 atom stereocenters. The fraction of sp³-hybridized carbons (Fsp3) is 0.250. The number of nitrogens with two attached hydrogens (primary N) is 1. The van der Waals surface area contributed by atoms with E-state index in [2.05, 4.69) is 6.07 Å². The Morgan fingerprint density at radius 1 is 1.36 bits per heavy atom. The van der Waals surface area contributed by atoms with E-state index in [0.29, 0.717) is 0 Å². The molecular formula is C8H12N2S. The molecule has 0 aliphatic rings. The van der Waals surface area contributed by atoms with Crippen molar-refractivity contribution in [3.63, 3.8) is 0 Å². The fourth-order valence-corrected chi connectivity index (χ4v) is 1.56. The molecule has 0 spiro atoms. The summed E-state index contributed by atoms with van der Waals surface area (Å²) in [6.07, 6.45) is 2.04. The molecule has 0 aliphatic carbocycles. The minimum absolute atomic E-state index is 1.07. The Labute approximate surface area is 71.4 Å². The molecule has 0 amide bonds. The van der Waals surface area contributed by atoms with Crippen molar-refractivity contribution in [3.05, 3.63) is 24.3 Å². The highest BCUT2D eigenvalue weighted by atomic mass is 32.2. The van der Waals surface area contributed by atoms with Gasteiger partial charge in [0.15, 0.2) is 0 Å². The Balaban J connectivity index is 3.02. The Morgan fingerprint density at radius 3 is 2.45 bits per heavy atom. The third-order valence-corrected chi connectivity index (χ3v) is 2.25. The standard InChI is InChI=1S/C8H12N2S/c1-10(9)7-5-3-4-6-8(7)11-2/h3-6H,9H2,1-2H3. The zero-order valence-electron chi connectivity index (χ0n) is 6.74. The van der Waals surface area contributed by atoms with E-state index in [4.69, 9.17) is 5.84 Å². The van der Waals surface area contributed by atoms with Crippen LogP contribution in [-0.4, -0.2) is 13.3 Å². The molecule has 1 rings (SSSR count). The molecule has 11 heavy (non-hydrogen) atoms. The number of para-hydroxylation sites is 1. The van der Waals surface area contributed by atoms with Crippen molar-refractivity contribution in [2.75, 3.05) is 18.3 Å². The van der Waals surface area contributed by atoms with Crippen LogP contribution >= 0.6 is 11.8 Å². The molecule has 2 nitrogen and oxygen atoms in total. The first kappa shape index (κ1) is 8.43. The van der Waals surface area contributed by atoms with E-state index in [9.17, 15) is 0 Å². The summed E-state index contributed by atoms with van der Waals surface area (Å²) < 4.78 is 0. The summed E-state index contributed by atoms with van der Waals surface area (Å²) in [5.41, 5.74) is 1.07. The van der Waals surface area contributed by atoms with Crippen LogP contribution in [0.1, 0.15) is 0 Å². The van der Waals surface area contributed by atoms with Crippen molar-refractivity contribution in [2.24, 2.45) is 5.84 Å². The summed E-state index contributed by atoms with van der Waals surface area (Å²) in [4.78, 5) is 1.21. The lowest BCUT2D eigenvalue weighted by atomic mass is 10.3. The SMILES string of the molecule is CSc1ccccc1N(C)N. The molecule has 0 aliphatic heterocycles. The van der Waals surface area contributed by atoms with Crippen molar-refractivity contribution in [2.45, 2.75) is 4.90 Å². The molecule has 0 aromatic heterocycles. The Bertz CT molecular complexity index is 235. The summed E-state index contributed by atoms with van der Waals surface area (Å²) in [5.74, 6) is 5.61. The second kappa shape index (κ2) is 3.64. The number of rotatable bonds is 2. The second-order valence-electron chi connectivity index (χ2n) is 2.28. The van der Waals surface area contributed by atoms with Gasteiger partial charge in [0.2, 0.25) is 0 Å². The molecule has 2 N–H and O–H groups in total. The van der Waals surface area contributed by atoms with Gasteiger partial charge in [-0.2, -0.15) is 0 Å². The summed E-state index contributed by atoms with van der Waals surface area (Å²) >= 11 is 1.70. The van der Waals surface area contributed by atoms with Crippen LogP contribution in [0.4, 0.5) is 5.69 Å². The van der Waals surface area contributed by atoms with Gasteiger partial charge in [0.25, 0.3) is 0 Å². The van der Waals surface area contributed by atoms with E-state index in [1.165, 1.54) is 4.90 Å². The molecule has 0 bridgehead atoms. The highest BCUT2D eigenvalue weighted by Gasteiger charge is 2.00. The topological polar surface area (TPSA) is 29.3 Å². The third kappa shape index (κ3) is 1.88. The maximum absolute atomic E-state index is 5.61. The van der Waals surface area contributed by atoms with Crippen LogP contribution in [0.3, 0.4) is 0 Å². The molecule has 0 unspecified atom stereocenters. The average Bonchev–Trinajstić information content (AvgIpc) is 2.04. The first-order chi connectivity index (χ1) is 5.25. The number of benzene rings is 1. The van der Waals surface area contributed by atoms with Gasteiger partial charge in [-0.1, -0.05) is 12.1 Å². The lowest BCUT2D eigenvalue weighted by Crippen LogP contribution is -2.25. The van der Waals surface area contributed by atoms with Crippen molar-refractivity contribution in [1.29, 1.82) is 0 Å². The number of hydrazine groups is 1. The van der Waals surface area contributed by atoms with Gasteiger partial charge in [-0.15, -0.1) is 11.8 Å². The highest BCUT2D eigenvalue weighted by Crippen LogP contribution is 2.25. The summed E-state index contributed by atoms with van der Waals surface area (Å²) in [6, 6.07) is 8.06. The predicted molar refractivity (Wildman–Crippen MR) is 50.8 cm³/mol. The summed E-state index contributed by atoms with van der Waals surface area (Å²) in [6.45, 7) is 0. The van der Waals surface area contributed by atoms with Crippen LogP contribution in [0.5, 0.6) is 0 Å². The number of nitrogens with zero attached hydrogens (tertiary/aromatic N) is 1. The summed E-state index contributed by atoms with van der Waals surface area (Å²) in [7, 11) is 1.84. The van der Waals surface area contributed by atoms with Crippen LogP contribution in [0.15, 0.2) is 29.2 Å². The smallest absolute Gasteiger partial charge is 0.0649 e. The van der Waals surface area contributed by atoms with Crippen molar-refractivity contribution in [3.8, 4) is 0 Å². The minimum Gasteiger partial charge on any atom is -0.313 e. The van der Waals surface area contributed by atoms with Crippen LogP contribution in [0.2, 0.25) is 0 Å². The van der Waals surface area contributed by atoms with Gasteiger partial charge in [-0.05, 0) is 18.4 Å². The zero-order chi connectivity index (χ0) is 8.27. The van der Waals surface area contributed by atoms with E-state index in [1.54, 1.807) is 16.8 Å². The highest BCUT2D eigenvalue weighted by molar-refractivity contribution is 7.98. The molecule has 0 saturated heterocycles. The minimum atomic E-state index is 1.07. The van der Waals surface area contributed by atoms with Gasteiger partial charge in [0.05, 0.1) is 5.69 Å². The third-order valence-electron chi connectivity index (χ3n) is 1.47. The van der Waals surface area contributed by atoms with Gasteiger partial charge >= 0.3 is 0 Å². The predicted octanol–water partition coefficient (Wildman–Crippen LogP) is 1.72. The maximum atomic E-state index is 5.61. The molecule has 0 heterocycles. The maximum Gasteiger partial charge on any atom is 0.0649 e. The monoisotopic (exact) mass is 168 g/mol. The van der Waals surface area contributed by atoms with Gasteiger partial charge < -0.3 is 5.01 Å². The normalized spacial score (nSPS) is 9.73. The summed E-state index contributed by atoms with van der Waals surface area (Å²) in [5, 5.41) is 1.63. The van der Waals surface area contributed by atoms with E-state index in [1.807, 2.05) is 31.5 Å². The van der Waals surface area contributed by atoms with Gasteiger partial charge in [-0.25, -0.2) is 5.84 Å². The van der Waals surface area contributed by atoms with Crippen molar-refractivity contribution >= 4 is 17.4 Å². The van der Waals surface area contributed by atoms with Crippen LogP contribution in [0, 0.1) is 0 Å². The zero-order valence-corrected chi connectivity index (χ0v) is 7.56. The van der Waals surface area contributed by atoms with Crippen molar-refractivity contribution in [1.82, 2.24) is 0 Å². The number of hydrogen-bond donors (Lipinski definition) is 1. The number of hydrogen-bond acceptors (Lipinski definition) is 3. The molecular weight excluding hydrogens is 156 g/mol. The Morgan fingerprint density at radius 2 is 2.00 bits per heavy atom. The lowest BCUT2D eigenvalue weighted by Gasteiger charge is -2.14. The quantitative estimate of drug-likeness (QED) is 0.414.